The highest BCUT2D eigenvalue weighted by atomic mass is 32.1. The van der Waals surface area contributed by atoms with Gasteiger partial charge in [0.25, 0.3) is 11.8 Å². The minimum atomic E-state index is -0.714. The van der Waals surface area contributed by atoms with Crippen molar-refractivity contribution in [2.45, 2.75) is 6.54 Å². The molecule has 0 aliphatic carbocycles. The maximum Gasteiger partial charge on any atom is 0.270 e. The lowest BCUT2D eigenvalue weighted by Gasteiger charge is -2.29. The fourth-order valence-electron chi connectivity index (χ4n) is 3.97. The summed E-state index contributed by atoms with van der Waals surface area (Å²) in [5.41, 5.74) is 2.20. The molecule has 8 heteroatoms. The third-order valence-electron chi connectivity index (χ3n) is 5.58. The second-order valence-electron chi connectivity index (χ2n) is 7.77. The largest absolute Gasteiger partial charge is 0.342 e. The van der Waals surface area contributed by atoms with Crippen LogP contribution in [0.4, 0.5) is 14.5 Å². The quantitative estimate of drug-likeness (QED) is 0.263. The van der Waals surface area contributed by atoms with Crippen molar-refractivity contribution in [3.8, 4) is 0 Å². The van der Waals surface area contributed by atoms with Gasteiger partial charge in [-0.3, -0.25) is 14.9 Å². The van der Waals surface area contributed by atoms with Gasteiger partial charge < -0.3 is 4.57 Å². The molecule has 1 fully saturated rings. The Morgan fingerprint density at radius 2 is 1.62 bits per heavy atom. The van der Waals surface area contributed by atoms with E-state index in [1.807, 2.05) is 35.0 Å². The molecule has 2 amide bonds. The first-order valence-corrected chi connectivity index (χ1v) is 10.8. The Morgan fingerprint density at radius 1 is 0.912 bits per heavy atom. The van der Waals surface area contributed by atoms with Gasteiger partial charge in [0, 0.05) is 29.2 Å². The number of halogens is 2. The van der Waals surface area contributed by atoms with Crippen LogP contribution in [0.1, 0.15) is 11.1 Å². The minimum absolute atomic E-state index is 0.0397. The van der Waals surface area contributed by atoms with Gasteiger partial charge in [-0.05, 0) is 54.2 Å². The molecule has 1 saturated heterocycles. The van der Waals surface area contributed by atoms with E-state index in [-0.39, 0.29) is 22.2 Å². The topological polar surface area (TPSA) is 54.3 Å². The summed E-state index contributed by atoms with van der Waals surface area (Å²) in [4.78, 5) is 26.9. The number of fused-ring (bicyclic) bond motifs is 1. The number of amides is 2. The maximum atomic E-state index is 14.4. The summed E-state index contributed by atoms with van der Waals surface area (Å²) >= 11 is 5.15. The number of carbonyl (C=O) groups excluding carboxylic acids is 2. The van der Waals surface area contributed by atoms with Crippen LogP contribution in [0.5, 0.6) is 0 Å². The van der Waals surface area contributed by atoms with E-state index in [1.165, 1.54) is 36.4 Å². The lowest BCUT2D eigenvalue weighted by molar-refractivity contribution is -0.122. The average molecular weight is 474 g/mol. The summed E-state index contributed by atoms with van der Waals surface area (Å²) in [6.45, 7) is 0.468. The minimum Gasteiger partial charge on any atom is -0.342 e. The first-order valence-electron chi connectivity index (χ1n) is 10.4. The Bertz CT molecular complexity index is 1490. The highest BCUT2D eigenvalue weighted by Crippen LogP contribution is 2.28. The van der Waals surface area contributed by atoms with Gasteiger partial charge >= 0.3 is 0 Å². The van der Waals surface area contributed by atoms with Gasteiger partial charge in [0.1, 0.15) is 17.2 Å². The number of hydrogen-bond donors (Lipinski definition) is 1. The number of carbonyl (C=O) groups is 2. The van der Waals surface area contributed by atoms with E-state index < -0.39 is 17.6 Å². The van der Waals surface area contributed by atoms with Crippen molar-refractivity contribution >= 4 is 51.8 Å². The summed E-state index contributed by atoms with van der Waals surface area (Å²) in [5.74, 6) is -2.32. The predicted octanol–water partition coefficient (Wildman–Crippen LogP) is 4.80. The van der Waals surface area contributed by atoms with E-state index >= 15 is 0 Å². The first kappa shape index (κ1) is 21.7. The Kier molecular flexibility index (Phi) is 5.51. The van der Waals surface area contributed by atoms with E-state index in [0.717, 1.165) is 21.4 Å². The van der Waals surface area contributed by atoms with Crippen LogP contribution < -0.4 is 10.2 Å². The van der Waals surface area contributed by atoms with Gasteiger partial charge in [-0.15, -0.1) is 0 Å². The van der Waals surface area contributed by atoms with Crippen molar-refractivity contribution in [3.05, 3.63) is 107 Å². The molecule has 0 unspecified atom stereocenters. The summed E-state index contributed by atoms with van der Waals surface area (Å²) in [6.07, 6.45) is 3.30. The zero-order valence-corrected chi connectivity index (χ0v) is 18.5. The molecular weight excluding hydrogens is 456 g/mol. The molecule has 5 rings (SSSR count). The SMILES string of the molecule is O=C1NC(=S)N(c2ccccc2F)C(=O)/C1=C/c1cn(Cc2ccc(F)cc2)c2ccccc12. The number of rotatable bonds is 4. The van der Waals surface area contributed by atoms with Crippen molar-refractivity contribution < 1.29 is 18.4 Å². The molecule has 4 aromatic rings. The van der Waals surface area contributed by atoms with E-state index in [4.69, 9.17) is 12.2 Å². The van der Waals surface area contributed by atoms with E-state index in [0.29, 0.717) is 12.1 Å². The number of anilines is 1. The predicted molar refractivity (Wildman–Crippen MR) is 130 cm³/mol. The van der Waals surface area contributed by atoms with Crippen molar-refractivity contribution in [3.63, 3.8) is 0 Å². The van der Waals surface area contributed by atoms with Crippen molar-refractivity contribution in [2.75, 3.05) is 4.90 Å². The van der Waals surface area contributed by atoms with Crippen LogP contribution in [-0.2, 0) is 16.1 Å². The second kappa shape index (κ2) is 8.64. The van der Waals surface area contributed by atoms with Crippen molar-refractivity contribution in [2.24, 2.45) is 0 Å². The van der Waals surface area contributed by atoms with Crippen molar-refractivity contribution in [1.29, 1.82) is 0 Å². The number of para-hydroxylation sites is 2. The molecule has 1 aromatic heterocycles. The molecule has 0 spiro atoms. The molecule has 1 N–H and O–H groups in total. The maximum absolute atomic E-state index is 14.4. The summed E-state index contributed by atoms with van der Waals surface area (Å²) in [7, 11) is 0. The molecule has 1 aliphatic rings. The van der Waals surface area contributed by atoms with Gasteiger partial charge in [-0.1, -0.05) is 42.5 Å². The van der Waals surface area contributed by atoms with E-state index in [1.54, 1.807) is 18.2 Å². The zero-order valence-electron chi connectivity index (χ0n) is 17.7. The summed E-state index contributed by atoms with van der Waals surface area (Å²) < 4.78 is 29.7. The molecular formula is C26H17F2N3O2S. The molecule has 3 aromatic carbocycles. The number of nitrogens with one attached hydrogen (secondary N) is 1. The fourth-order valence-corrected chi connectivity index (χ4v) is 4.25. The summed E-state index contributed by atoms with van der Waals surface area (Å²) in [5, 5.41) is 3.11. The van der Waals surface area contributed by atoms with E-state index in [2.05, 4.69) is 5.32 Å². The standard InChI is InChI=1S/C26H17F2N3O2S/c27-18-11-9-16(10-12-18)14-30-15-17(19-5-1-3-7-22(19)30)13-20-24(32)29-26(34)31(25(20)33)23-8-4-2-6-21(23)28/h1-13,15H,14H2,(H,29,32,34)/b20-13+. The lowest BCUT2D eigenvalue weighted by Crippen LogP contribution is -2.54. The molecule has 0 atom stereocenters. The zero-order chi connectivity index (χ0) is 23.8. The summed E-state index contributed by atoms with van der Waals surface area (Å²) in [6, 6.07) is 19.5. The van der Waals surface area contributed by atoms with Crippen LogP contribution in [0.3, 0.4) is 0 Å². The monoisotopic (exact) mass is 473 g/mol. The van der Waals surface area contributed by atoms with Crippen LogP contribution in [0, 0.1) is 11.6 Å². The highest BCUT2D eigenvalue weighted by Gasteiger charge is 2.35. The van der Waals surface area contributed by atoms with Crippen LogP contribution in [0.2, 0.25) is 0 Å². The Labute approximate surface area is 198 Å². The van der Waals surface area contributed by atoms with Gasteiger partial charge in [0.2, 0.25) is 0 Å². The third-order valence-corrected chi connectivity index (χ3v) is 5.87. The lowest BCUT2D eigenvalue weighted by atomic mass is 10.1. The molecule has 34 heavy (non-hydrogen) atoms. The molecule has 1 aliphatic heterocycles. The number of hydrogen-bond acceptors (Lipinski definition) is 3. The smallest absolute Gasteiger partial charge is 0.270 e. The van der Waals surface area contributed by atoms with Gasteiger partial charge in [0.05, 0.1) is 5.69 Å². The molecule has 0 saturated carbocycles. The third kappa shape index (κ3) is 3.88. The van der Waals surface area contributed by atoms with Gasteiger partial charge in [-0.2, -0.15) is 0 Å². The van der Waals surface area contributed by atoms with Crippen LogP contribution in [0.15, 0.2) is 84.6 Å². The van der Waals surface area contributed by atoms with Crippen molar-refractivity contribution in [1.82, 2.24) is 9.88 Å². The fraction of sp³-hybridized carbons (Fsp3) is 0.0385. The van der Waals surface area contributed by atoms with E-state index in [9.17, 15) is 18.4 Å². The molecule has 5 nitrogen and oxygen atoms in total. The Hall–Kier alpha value is -4.17. The van der Waals surface area contributed by atoms with Gasteiger partial charge in [0.15, 0.2) is 5.11 Å². The molecule has 2 heterocycles. The molecule has 0 radical (unpaired) electrons. The molecule has 168 valence electrons. The molecule has 0 bridgehead atoms. The second-order valence-corrected chi connectivity index (χ2v) is 8.15. The van der Waals surface area contributed by atoms with Gasteiger partial charge in [-0.25, -0.2) is 13.7 Å². The number of benzene rings is 3. The van der Waals surface area contributed by atoms with Crippen LogP contribution >= 0.6 is 12.2 Å². The normalized spacial score (nSPS) is 15.3. The number of nitrogens with zero attached hydrogens (tertiary/aromatic N) is 2. The number of thiocarbonyl (C=S) groups is 1. The Balaban J connectivity index is 1.57. The van der Waals surface area contributed by atoms with Crippen LogP contribution in [-0.4, -0.2) is 21.5 Å². The average Bonchev–Trinajstić information content (AvgIpc) is 3.16. The number of aromatic nitrogens is 1. The first-order chi connectivity index (χ1) is 16.4. The highest BCUT2D eigenvalue weighted by molar-refractivity contribution is 7.80. The Morgan fingerprint density at radius 3 is 2.38 bits per heavy atom. The van der Waals surface area contributed by atoms with Crippen LogP contribution in [0.25, 0.3) is 17.0 Å².